The van der Waals surface area contributed by atoms with Crippen molar-refractivity contribution in [2.75, 3.05) is 6.61 Å². The summed E-state index contributed by atoms with van der Waals surface area (Å²) < 4.78 is 9.51. The summed E-state index contributed by atoms with van der Waals surface area (Å²) in [5.41, 5.74) is 0. The largest absolute Gasteiger partial charge is 0.505 e. The van der Waals surface area contributed by atoms with Gasteiger partial charge in [0.2, 0.25) is 5.76 Å². The van der Waals surface area contributed by atoms with Gasteiger partial charge in [0, 0.05) is 26.2 Å². The van der Waals surface area contributed by atoms with Gasteiger partial charge < -0.3 is 29.9 Å². The van der Waals surface area contributed by atoms with Crippen LogP contribution in [0.2, 0.25) is 0 Å². The Morgan fingerprint density at radius 2 is 1.84 bits per heavy atom. The number of rotatable bonds is 5. The van der Waals surface area contributed by atoms with Gasteiger partial charge in [0.1, 0.15) is 12.7 Å². The van der Waals surface area contributed by atoms with Gasteiger partial charge in [-0.3, -0.25) is 9.59 Å². The molecule has 3 aliphatic rings. The van der Waals surface area contributed by atoms with Crippen LogP contribution in [0.25, 0.3) is 0 Å². The maximum atomic E-state index is 12.2. The third-order valence-corrected chi connectivity index (χ3v) is 4.70. The van der Waals surface area contributed by atoms with E-state index in [-0.39, 0.29) is 38.0 Å². The Hall–Kier alpha value is -1.67. The van der Waals surface area contributed by atoms with Crippen LogP contribution in [0, 0.1) is 23.7 Å². The van der Waals surface area contributed by atoms with Gasteiger partial charge in [-0.15, -0.1) is 0 Å². The van der Waals surface area contributed by atoms with Crippen molar-refractivity contribution in [2.24, 2.45) is 23.7 Å². The second-order valence-electron chi connectivity index (χ2n) is 6.10. The number of aliphatic hydroxyl groups excluding tert-OH is 3. The average molecular weight is 432 g/mol. The molecule has 1 aliphatic heterocycles. The number of aliphatic carboxylic acids is 1. The third-order valence-electron chi connectivity index (χ3n) is 4.70. The fourth-order valence-electron chi connectivity index (χ4n) is 3.56. The second kappa shape index (κ2) is 7.29. The van der Waals surface area contributed by atoms with E-state index in [0.717, 1.165) is 0 Å². The van der Waals surface area contributed by atoms with Crippen molar-refractivity contribution in [1.29, 1.82) is 0 Å². The van der Waals surface area contributed by atoms with E-state index in [1.165, 1.54) is 0 Å². The first-order chi connectivity index (χ1) is 11.3. The average Bonchev–Trinajstić information content (AvgIpc) is 3.22. The number of carboxylic acids is 1. The van der Waals surface area contributed by atoms with Crippen LogP contribution in [-0.4, -0.2) is 57.1 Å². The molecule has 0 radical (unpaired) electrons. The molecule has 3 rings (SSSR count). The number of carboxylic acid groups (broad SMARTS) is 1. The van der Waals surface area contributed by atoms with Gasteiger partial charge in [-0.25, -0.2) is 4.79 Å². The summed E-state index contributed by atoms with van der Waals surface area (Å²) in [5, 5.41) is 37.8. The minimum Gasteiger partial charge on any atom is -0.505 e. The molecule has 2 bridgehead atoms. The second-order valence-corrected chi connectivity index (χ2v) is 6.10. The molecular weight excluding hydrogens is 415 g/mol. The number of fused-ring (bicyclic) bond motifs is 2. The molecule has 2 aliphatic carbocycles. The van der Waals surface area contributed by atoms with Gasteiger partial charge in [0.25, 0.3) is 0 Å². The number of allylic oxidation sites excluding steroid dienone is 2. The number of carbonyl (C=O) groups is 3. The van der Waals surface area contributed by atoms with E-state index >= 15 is 0 Å². The van der Waals surface area contributed by atoms with Crippen molar-refractivity contribution < 1.29 is 70.5 Å². The van der Waals surface area contributed by atoms with E-state index in [0.29, 0.717) is 6.42 Å². The van der Waals surface area contributed by atoms with Crippen molar-refractivity contribution in [1.82, 2.24) is 0 Å². The Labute approximate surface area is 161 Å². The quantitative estimate of drug-likeness (QED) is 0.339. The Morgan fingerprint density at radius 1 is 1.24 bits per heavy atom. The zero-order chi connectivity index (χ0) is 17.6. The van der Waals surface area contributed by atoms with Gasteiger partial charge in [-0.1, -0.05) is 12.2 Å². The van der Waals surface area contributed by atoms with E-state index in [9.17, 15) is 29.7 Å². The number of esters is 2. The fraction of sp³-hybridized carbons (Fsp3) is 0.533. The summed E-state index contributed by atoms with van der Waals surface area (Å²) >= 11 is 0. The molecule has 0 aromatic heterocycles. The summed E-state index contributed by atoms with van der Waals surface area (Å²) in [6.07, 6.45) is 1.03. The molecule has 1 saturated carbocycles. The predicted octanol–water partition coefficient (Wildman–Crippen LogP) is -0.336. The van der Waals surface area contributed by atoms with Crippen molar-refractivity contribution in [2.45, 2.75) is 18.6 Å². The Kier molecular flexibility index (Phi) is 5.73. The van der Waals surface area contributed by atoms with E-state index in [1.54, 1.807) is 12.2 Å². The first-order valence-corrected chi connectivity index (χ1v) is 7.40. The number of hydrogen-bond donors (Lipinski definition) is 4. The molecule has 25 heavy (non-hydrogen) atoms. The minimum absolute atomic E-state index is 0. The number of hydrogen-bond acceptors (Lipinski definition) is 8. The Balaban J connectivity index is 0.00000225. The summed E-state index contributed by atoms with van der Waals surface area (Å²) in [7, 11) is 0. The van der Waals surface area contributed by atoms with Crippen molar-refractivity contribution >= 4 is 17.9 Å². The van der Waals surface area contributed by atoms with Gasteiger partial charge in [-0.2, -0.15) is 0 Å². The third kappa shape index (κ3) is 3.37. The number of carbonyl (C=O) groups excluding carboxylic acids is 2. The molecule has 134 valence electrons. The molecule has 0 saturated heterocycles. The first-order valence-electron chi connectivity index (χ1n) is 7.40. The SMILES string of the molecule is O=C1O[C@H]([C@@H](O)COC(=O)C2C3C=CC(C3)C2C(=O)O)C(O)=C1O.[Zr]. The molecule has 6 atom stereocenters. The normalized spacial score (nSPS) is 33.8. The zero-order valence-corrected chi connectivity index (χ0v) is 15.3. The number of aliphatic hydroxyl groups is 3. The van der Waals surface area contributed by atoms with Crippen LogP contribution in [-0.2, 0) is 50.1 Å². The molecule has 4 N–H and O–H groups in total. The summed E-state index contributed by atoms with van der Waals surface area (Å²) in [4.78, 5) is 34.6. The maximum absolute atomic E-state index is 12.2. The van der Waals surface area contributed by atoms with Gasteiger partial charge in [0.15, 0.2) is 11.9 Å². The smallest absolute Gasteiger partial charge is 0.377 e. The Morgan fingerprint density at radius 3 is 2.36 bits per heavy atom. The molecule has 0 spiro atoms. The summed E-state index contributed by atoms with van der Waals surface area (Å²) in [6, 6.07) is 0. The zero-order valence-electron chi connectivity index (χ0n) is 12.9. The van der Waals surface area contributed by atoms with Crippen molar-refractivity contribution in [3.8, 4) is 0 Å². The van der Waals surface area contributed by atoms with Crippen LogP contribution in [0.4, 0.5) is 0 Å². The number of ether oxygens (including phenoxy) is 2. The minimum atomic E-state index is -1.58. The standard InChI is InChI=1S/C15H16O9.Zr/c16-7(12-10(17)11(18)15(22)24-12)4-23-14(21)9-6-2-1-5(3-6)8(9)13(19)20;/h1-2,5-9,12,16-18H,3-4H2,(H,19,20);/t5?,6?,7-,8?,9?,12+;/m0./s1. The number of cyclic esters (lactones) is 1. The molecule has 4 unspecified atom stereocenters. The van der Waals surface area contributed by atoms with Crippen LogP contribution < -0.4 is 0 Å². The van der Waals surface area contributed by atoms with E-state index in [2.05, 4.69) is 4.74 Å². The van der Waals surface area contributed by atoms with Crippen molar-refractivity contribution in [3.63, 3.8) is 0 Å². The van der Waals surface area contributed by atoms with Crippen LogP contribution in [0.15, 0.2) is 23.7 Å². The van der Waals surface area contributed by atoms with E-state index in [1.807, 2.05) is 0 Å². The van der Waals surface area contributed by atoms with Gasteiger partial charge in [-0.05, 0) is 18.3 Å². The predicted molar refractivity (Wildman–Crippen MR) is 74.5 cm³/mol. The molecule has 1 heterocycles. The summed E-state index contributed by atoms with van der Waals surface area (Å²) in [6.45, 7) is -0.613. The van der Waals surface area contributed by atoms with Crippen LogP contribution in [0.1, 0.15) is 6.42 Å². The topological polar surface area (TPSA) is 151 Å². The molecule has 0 aromatic rings. The molecular formula is C15H16O9Zr. The van der Waals surface area contributed by atoms with Gasteiger partial charge >= 0.3 is 17.9 Å². The first kappa shape index (κ1) is 19.7. The van der Waals surface area contributed by atoms with Crippen molar-refractivity contribution in [3.05, 3.63) is 23.7 Å². The Bertz CT molecular complexity index is 655. The van der Waals surface area contributed by atoms with Crippen LogP contribution in [0.5, 0.6) is 0 Å². The van der Waals surface area contributed by atoms with Crippen LogP contribution >= 0.6 is 0 Å². The molecule has 0 aromatic carbocycles. The van der Waals surface area contributed by atoms with E-state index < -0.39 is 60.1 Å². The summed E-state index contributed by atoms with van der Waals surface area (Å²) in [5.74, 6) is -7.02. The maximum Gasteiger partial charge on any atom is 0.377 e. The monoisotopic (exact) mass is 430 g/mol. The van der Waals surface area contributed by atoms with Crippen LogP contribution in [0.3, 0.4) is 0 Å². The molecule has 1 fully saturated rings. The van der Waals surface area contributed by atoms with Gasteiger partial charge in [0.05, 0.1) is 11.8 Å². The molecule has 0 amide bonds. The van der Waals surface area contributed by atoms with E-state index in [4.69, 9.17) is 9.84 Å². The fourth-order valence-corrected chi connectivity index (χ4v) is 3.56. The molecule has 9 nitrogen and oxygen atoms in total. The molecule has 10 heteroatoms.